The Kier molecular flexibility index (Phi) is 7.06. The summed E-state index contributed by atoms with van der Waals surface area (Å²) in [6, 6.07) is 14.1. The largest absolute Gasteiger partial charge is 0.497 e. The highest BCUT2D eigenvalue weighted by Crippen LogP contribution is 2.36. The number of nitrogens with zero attached hydrogens (tertiary/aromatic N) is 2. The second-order valence-corrected chi connectivity index (χ2v) is 8.35. The van der Waals surface area contributed by atoms with Gasteiger partial charge in [-0.3, -0.25) is 29.4 Å². The molecule has 1 aliphatic heterocycles. The minimum absolute atomic E-state index is 0.0511. The van der Waals surface area contributed by atoms with E-state index in [9.17, 15) is 24.5 Å². The number of amides is 3. The molecule has 0 spiro atoms. The fourth-order valence-corrected chi connectivity index (χ4v) is 4.24. The molecule has 2 aromatic carbocycles. The molecule has 184 valence electrons. The van der Waals surface area contributed by atoms with Crippen LogP contribution in [0.2, 0.25) is 0 Å². The average Bonchev–Trinajstić information content (AvgIpc) is 3.44. The minimum Gasteiger partial charge on any atom is -0.497 e. The number of imide groups is 1. The van der Waals surface area contributed by atoms with E-state index in [1.165, 1.54) is 44.6 Å². The van der Waals surface area contributed by atoms with Crippen molar-refractivity contribution in [2.75, 3.05) is 26.1 Å². The molecular weight excluding hydrogens is 490 g/mol. The SMILES string of the molecule is COc1ccc(-c2ccc(/C=C3/SC(=O)N(CC(=O)Nc4ccccc4OC)C3=O)o2)c([N+](=O)[O-])c1. The molecule has 0 radical (unpaired) electrons. The Morgan fingerprint density at radius 3 is 2.64 bits per heavy atom. The first-order chi connectivity index (χ1) is 17.3. The van der Waals surface area contributed by atoms with Gasteiger partial charge in [-0.15, -0.1) is 0 Å². The molecule has 0 saturated carbocycles. The van der Waals surface area contributed by atoms with E-state index in [2.05, 4.69) is 5.32 Å². The number of nitro groups is 1. The number of para-hydroxylation sites is 2. The first kappa shape index (κ1) is 24.5. The summed E-state index contributed by atoms with van der Waals surface area (Å²) in [5.41, 5.74) is 0.418. The van der Waals surface area contributed by atoms with Crippen molar-refractivity contribution in [3.63, 3.8) is 0 Å². The Labute approximate surface area is 208 Å². The van der Waals surface area contributed by atoms with E-state index >= 15 is 0 Å². The summed E-state index contributed by atoms with van der Waals surface area (Å²) in [5.74, 6) is -0.0694. The highest BCUT2D eigenvalue weighted by atomic mass is 32.2. The van der Waals surface area contributed by atoms with E-state index < -0.39 is 28.5 Å². The fraction of sp³-hybridized carbons (Fsp3) is 0.125. The van der Waals surface area contributed by atoms with Gasteiger partial charge >= 0.3 is 0 Å². The van der Waals surface area contributed by atoms with Crippen LogP contribution >= 0.6 is 11.8 Å². The topological polar surface area (TPSA) is 141 Å². The Morgan fingerprint density at radius 1 is 1.14 bits per heavy atom. The molecule has 1 fully saturated rings. The lowest BCUT2D eigenvalue weighted by molar-refractivity contribution is -0.384. The Bertz CT molecular complexity index is 1400. The maximum atomic E-state index is 12.8. The van der Waals surface area contributed by atoms with Crippen molar-refractivity contribution in [3.05, 3.63) is 75.4 Å². The van der Waals surface area contributed by atoms with Gasteiger partial charge in [-0.2, -0.15) is 0 Å². The molecule has 0 bridgehead atoms. The molecule has 2 heterocycles. The van der Waals surface area contributed by atoms with Crippen LogP contribution < -0.4 is 14.8 Å². The third-order valence-electron chi connectivity index (χ3n) is 5.12. The number of carbonyl (C=O) groups is 3. The number of benzene rings is 2. The first-order valence-electron chi connectivity index (χ1n) is 10.4. The van der Waals surface area contributed by atoms with E-state index in [1.807, 2.05) is 0 Å². The van der Waals surface area contributed by atoms with Crippen molar-refractivity contribution in [2.24, 2.45) is 0 Å². The van der Waals surface area contributed by atoms with Crippen LogP contribution in [-0.2, 0) is 9.59 Å². The molecule has 3 amide bonds. The number of anilines is 1. The second kappa shape index (κ2) is 10.4. The third kappa shape index (κ3) is 5.08. The molecule has 36 heavy (non-hydrogen) atoms. The monoisotopic (exact) mass is 509 g/mol. The number of thioether (sulfide) groups is 1. The van der Waals surface area contributed by atoms with Gasteiger partial charge in [0.15, 0.2) is 0 Å². The summed E-state index contributed by atoms with van der Waals surface area (Å²) in [4.78, 5) is 49.4. The molecule has 12 heteroatoms. The van der Waals surface area contributed by atoms with Crippen LogP contribution in [0.4, 0.5) is 16.2 Å². The van der Waals surface area contributed by atoms with E-state index in [4.69, 9.17) is 13.9 Å². The molecule has 11 nitrogen and oxygen atoms in total. The van der Waals surface area contributed by atoms with Crippen LogP contribution in [0.1, 0.15) is 5.76 Å². The highest BCUT2D eigenvalue weighted by molar-refractivity contribution is 8.18. The van der Waals surface area contributed by atoms with Gasteiger partial charge < -0.3 is 19.2 Å². The van der Waals surface area contributed by atoms with Gasteiger partial charge in [-0.25, -0.2) is 0 Å². The number of nitrogens with one attached hydrogen (secondary N) is 1. The van der Waals surface area contributed by atoms with Gasteiger partial charge in [0.1, 0.15) is 29.6 Å². The van der Waals surface area contributed by atoms with E-state index in [0.29, 0.717) is 28.9 Å². The number of nitro benzene ring substituents is 1. The summed E-state index contributed by atoms with van der Waals surface area (Å²) in [7, 11) is 2.86. The zero-order valence-corrected chi connectivity index (χ0v) is 19.9. The van der Waals surface area contributed by atoms with Crippen molar-refractivity contribution in [3.8, 4) is 22.8 Å². The minimum atomic E-state index is -0.659. The number of ether oxygens (including phenoxy) is 2. The molecular formula is C24H19N3O8S. The van der Waals surface area contributed by atoms with Crippen LogP contribution in [0.15, 0.2) is 63.9 Å². The van der Waals surface area contributed by atoms with Crippen molar-refractivity contribution in [2.45, 2.75) is 0 Å². The van der Waals surface area contributed by atoms with Crippen LogP contribution in [0.25, 0.3) is 17.4 Å². The summed E-state index contributed by atoms with van der Waals surface area (Å²) in [6.07, 6.45) is 1.35. The summed E-state index contributed by atoms with van der Waals surface area (Å²) >= 11 is 0.660. The van der Waals surface area contributed by atoms with Crippen LogP contribution in [-0.4, -0.2) is 47.6 Å². The van der Waals surface area contributed by atoms with Crippen LogP contribution in [0, 0.1) is 10.1 Å². The van der Waals surface area contributed by atoms with E-state index in [0.717, 1.165) is 4.90 Å². The number of hydrogen-bond acceptors (Lipinski definition) is 9. The van der Waals surface area contributed by atoms with Gasteiger partial charge in [-0.1, -0.05) is 12.1 Å². The van der Waals surface area contributed by atoms with E-state index in [1.54, 1.807) is 30.3 Å². The molecule has 1 aliphatic rings. The molecule has 0 atom stereocenters. The number of furan rings is 1. The van der Waals surface area contributed by atoms with Crippen molar-refractivity contribution < 1.29 is 33.2 Å². The zero-order valence-electron chi connectivity index (χ0n) is 19.0. The Morgan fingerprint density at radius 2 is 1.92 bits per heavy atom. The van der Waals surface area contributed by atoms with Crippen LogP contribution in [0.5, 0.6) is 11.5 Å². The molecule has 0 unspecified atom stereocenters. The third-order valence-corrected chi connectivity index (χ3v) is 6.03. The lowest BCUT2D eigenvalue weighted by Gasteiger charge is -2.14. The normalized spacial score (nSPS) is 14.3. The summed E-state index contributed by atoms with van der Waals surface area (Å²) < 4.78 is 15.9. The Hall–Kier alpha value is -4.58. The maximum Gasteiger partial charge on any atom is 0.294 e. The lowest BCUT2D eigenvalue weighted by atomic mass is 10.1. The highest BCUT2D eigenvalue weighted by Gasteiger charge is 2.36. The van der Waals surface area contributed by atoms with Crippen molar-refractivity contribution >= 4 is 46.3 Å². The van der Waals surface area contributed by atoms with E-state index in [-0.39, 0.29) is 27.7 Å². The number of methoxy groups -OCH3 is 2. The number of rotatable bonds is 8. The van der Waals surface area contributed by atoms with Gasteiger partial charge in [0.2, 0.25) is 5.91 Å². The van der Waals surface area contributed by atoms with Gasteiger partial charge in [-0.05, 0) is 48.2 Å². The van der Waals surface area contributed by atoms with Crippen molar-refractivity contribution in [1.82, 2.24) is 4.90 Å². The molecule has 1 N–H and O–H groups in total. The van der Waals surface area contributed by atoms with Gasteiger partial charge in [0.25, 0.3) is 16.8 Å². The fourth-order valence-electron chi connectivity index (χ4n) is 3.42. The predicted molar refractivity (Wildman–Crippen MR) is 132 cm³/mol. The first-order valence-corrected chi connectivity index (χ1v) is 11.2. The standard InChI is InChI=1S/C24H19N3O8S/c1-33-14-7-9-16(18(11-14)27(31)32)19-10-8-15(35-19)12-21-23(29)26(24(30)36-21)13-22(28)25-17-5-3-4-6-20(17)34-2/h3-12H,13H2,1-2H3,(H,25,28)/b21-12+. The molecule has 4 rings (SSSR count). The quantitative estimate of drug-likeness (QED) is 0.263. The van der Waals surface area contributed by atoms with Gasteiger partial charge in [0.05, 0.1) is 41.4 Å². The van der Waals surface area contributed by atoms with Crippen LogP contribution in [0.3, 0.4) is 0 Å². The Balaban J connectivity index is 1.50. The molecule has 1 aromatic heterocycles. The zero-order chi connectivity index (χ0) is 25.8. The lowest BCUT2D eigenvalue weighted by Crippen LogP contribution is -2.36. The maximum absolute atomic E-state index is 12.8. The smallest absolute Gasteiger partial charge is 0.294 e. The van der Waals surface area contributed by atoms with Crippen molar-refractivity contribution in [1.29, 1.82) is 0 Å². The summed E-state index contributed by atoms with van der Waals surface area (Å²) in [6.45, 7) is -0.485. The summed E-state index contributed by atoms with van der Waals surface area (Å²) in [5, 5.41) is 13.5. The number of hydrogen-bond donors (Lipinski definition) is 1. The second-order valence-electron chi connectivity index (χ2n) is 7.36. The molecule has 1 saturated heterocycles. The van der Waals surface area contributed by atoms with Gasteiger partial charge in [0, 0.05) is 6.08 Å². The predicted octanol–water partition coefficient (Wildman–Crippen LogP) is 4.55. The average molecular weight is 509 g/mol. The molecule has 3 aromatic rings. The number of carbonyl (C=O) groups excluding carboxylic acids is 3. The molecule has 0 aliphatic carbocycles.